The summed E-state index contributed by atoms with van der Waals surface area (Å²) < 4.78 is 0. The topological polar surface area (TPSA) is 61.4 Å². The summed E-state index contributed by atoms with van der Waals surface area (Å²) in [6.45, 7) is 2.67. The monoisotopic (exact) mass is 314 g/mol. The fourth-order valence-corrected chi connectivity index (χ4v) is 4.51. The van der Waals surface area contributed by atoms with Crippen molar-refractivity contribution in [1.82, 2.24) is 10.6 Å². The van der Waals surface area contributed by atoms with E-state index in [0.29, 0.717) is 17.3 Å². The van der Waals surface area contributed by atoms with Crippen molar-refractivity contribution in [2.75, 3.05) is 13.2 Å². The van der Waals surface area contributed by atoms with Crippen LogP contribution in [0.25, 0.3) is 0 Å². The predicted molar refractivity (Wildman–Crippen MR) is 89.3 cm³/mol. The van der Waals surface area contributed by atoms with E-state index < -0.39 is 5.54 Å². The van der Waals surface area contributed by atoms with Gasteiger partial charge in [-0.15, -0.1) is 0 Å². The third-order valence-corrected chi connectivity index (χ3v) is 6.34. The van der Waals surface area contributed by atoms with Crippen molar-refractivity contribution in [2.45, 2.75) is 50.0 Å². The lowest BCUT2D eigenvalue weighted by atomic mass is 9.95. The van der Waals surface area contributed by atoms with Gasteiger partial charge in [0.15, 0.2) is 0 Å². The number of aliphatic hydroxyl groups is 1. The molecule has 2 saturated carbocycles. The minimum absolute atomic E-state index is 0.00578. The first kappa shape index (κ1) is 15.0. The van der Waals surface area contributed by atoms with Crippen molar-refractivity contribution in [3.05, 3.63) is 35.4 Å². The van der Waals surface area contributed by atoms with Crippen LogP contribution < -0.4 is 10.6 Å². The zero-order valence-corrected chi connectivity index (χ0v) is 13.8. The van der Waals surface area contributed by atoms with Gasteiger partial charge in [-0.25, -0.2) is 4.79 Å². The molecule has 4 heteroatoms. The van der Waals surface area contributed by atoms with Gasteiger partial charge < -0.3 is 15.7 Å². The molecule has 1 aromatic rings. The first-order valence-electron chi connectivity index (χ1n) is 8.83. The van der Waals surface area contributed by atoms with Crippen LogP contribution in [0.15, 0.2) is 24.3 Å². The van der Waals surface area contributed by atoms with Crippen LogP contribution in [0.5, 0.6) is 0 Å². The molecular weight excluding hydrogens is 288 g/mol. The highest BCUT2D eigenvalue weighted by molar-refractivity contribution is 5.75. The summed E-state index contributed by atoms with van der Waals surface area (Å²) in [5, 5.41) is 15.6. The molecule has 3 aliphatic carbocycles. The van der Waals surface area contributed by atoms with Crippen molar-refractivity contribution in [3.8, 4) is 0 Å². The Morgan fingerprint density at radius 2 is 2.17 bits per heavy atom. The van der Waals surface area contributed by atoms with Gasteiger partial charge in [0.25, 0.3) is 0 Å². The average Bonchev–Trinajstić information content (AvgIpc) is 3.45. The van der Waals surface area contributed by atoms with E-state index >= 15 is 0 Å². The van der Waals surface area contributed by atoms with E-state index in [1.807, 2.05) is 6.92 Å². The zero-order chi connectivity index (χ0) is 16.1. The molecule has 0 heterocycles. The number of carbonyl (C=O) groups excluding carboxylic acids is 1. The summed E-state index contributed by atoms with van der Waals surface area (Å²) in [5.41, 5.74) is 2.85. The fraction of sp³-hybridized carbons (Fsp3) is 0.632. The second kappa shape index (κ2) is 5.23. The molecule has 3 atom stereocenters. The van der Waals surface area contributed by atoms with Crippen LogP contribution in [-0.2, 0) is 11.8 Å². The molecule has 124 valence electrons. The van der Waals surface area contributed by atoms with E-state index in [9.17, 15) is 9.90 Å². The summed E-state index contributed by atoms with van der Waals surface area (Å²) >= 11 is 0. The molecule has 2 fully saturated rings. The van der Waals surface area contributed by atoms with Gasteiger partial charge in [-0.2, -0.15) is 0 Å². The van der Waals surface area contributed by atoms with E-state index in [1.165, 1.54) is 30.4 Å². The molecule has 0 aromatic heterocycles. The number of aliphatic hydroxyl groups excluding tert-OH is 1. The molecule has 23 heavy (non-hydrogen) atoms. The lowest BCUT2D eigenvalue weighted by molar-refractivity contribution is 0.155. The van der Waals surface area contributed by atoms with Gasteiger partial charge in [-0.3, -0.25) is 0 Å². The largest absolute Gasteiger partial charge is 0.394 e. The number of nitrogens with one attached hydrogen (secondary N) is 2. The van der Waals surface area contributed by atoms with Gasteiger partial charge in [0.05, 0.1) is 12.1 Å². The van der Waals surface area contributed by atoms with Crippen LogP contribution in [-0.4, -0.2) is 29.8 Å². The molecular formula is C19H26N2O2. The summed E-state index contributed by atoms with van der Waals surface area (Å²) in [4.78, 5) is 12.2. The maximum absolute atomic E-state index is 12.2. The van der Waals surface area contributed by atoms with Crippen molar-refractivity contribution >= 4 is 6.03 Å². The van der Waals surface area contributed by atoms with Crippen LogP contribution in [0.3, 0.4) is 0 Å². The summed E-state index contributed by atoms with van der Waals surface area (Å²) in [6, 6.07) is 8.61. The normalized spacial score (nSPS) is 30.6. The minimum atomic E-state index is -0.467. The first-order valence-corrected chi connectivity index (χ1v) is 8.83. The number of aryl methyl sites for hydroxylation is 1. The Kier molecular flexibility index (Phi) is 3.41. The SMILES string of the molecule is C[C@](CO)(NC(=O)NC[C@@H]1C[C@@]12CCc1ccccc12)C1CC1. The quantitative estimate of drug-likeness (QED) is 0.781. The number of hydrogen-bond donors (Lipinski definition) is 3. The second-order valence-corrected chi connectivity index (χ2v) is 7.90. The molecule has 4 rings (SSSR count). The van der Waals surface area contributed by atoms with E-state index in [2.05, 4.69) is 34.9 Å². The van der Waals surface area contributed by atoms with Gasteiger partial charge in [0, 0.05) is 12.0 Å². The lowest BCUT2D eigenvalue weighted by Gasteiger charge is -2.28. The predicted octanol–water partition coefficient (Wildman–Crippen LogP) is 2.35. The summed E-state index contributed by atoms with van der Waals surface area (Å²) in [6.07, 6.45) is 5.77. The van der Waals surface area contributed by atoms with Gasteiger partial charge in [-0.05, 0) is 62.0 Å². The maximum atomic E-state index is 12.2. The molecule has 1 spiro atoms. The lowest BCUT2D eigenvalue weighted by Crippen LogP contribution is -2.54. The Morgan fingerprint density at radius 3 is 2.91 bits per heavy atom. The van der Waals surface area contributed by atoms with Crippen LogP contribution in [0.2, 0.25) is 0 Å². The van der Waals surface area contributed by atoms with Crippen molar-refractivity contribution in [2.24, 2.45) is 11.8 Å². The molecule has 1 aromatic carbocycles. The number of fused-ring (bicyclic) bond motifs is 2. The number of benzene rings is 1. The fourth-order valence-electron chi connectivity index (χ4n) is 4.51. The zero-order valence-electron chi connectivity index (χ0n) is 13.8. The van der Waals surface area contributed by atoms with E-state index in [-0.39, 0.29) is 12.6 Å². The number of amides is 2. The maximum Gasteiger partial charge on any atom is 0.315 e. The second-order valence-electron chi connectivity index (χ2n) is 7.90. The van der Waals surface area contributed by atoms with Gasteiger partial charge >= 0.3 is 6.03 Å². The van der Waals surface area contributed by atoms with Crippen LogP contribution in [0.4, 0.5) is 4.79 Å². The average molecular weight is 314 g/mol. The Morgan fingerprint density at radius 1 is 1.39 bits per heavy atom. The molecule has 0 saturated heterocycles. The number of urea groups is 1. The summed E-state index contributed by atoms with van der Waals surface area (Å²) in [7, 11) is 0. The molecule has 3 N–H and O–H groups in total. The number of carbonyl (C=O) groups is 1. The smallest absolute Gasteiger partial charge is 0.315 e. The Hall–Kier alpha value is -1.55. The first-order chi connectivity index (χ1) is 11.1. The molecule has 2 amide bonds. The van der Waals surface area contributed by atoms with Crippen molar-refractivity contribution < 1.29 is 9.90 Å². The van der Waals surface area contributed by atoms with E-state index in [1.54, 1.807) is 0 Å². The van der Waals surface area contributed by atoms with E-state index in [4.69, 9.17) is 0 Å². The standard InChI is InChI=1S/C19H26N2O2/c1-18(12-22,14-6-7-14)21-17(23)20-11-15-10-19(15)9-8-13-4-2-3-5-16(13)19/h2-5,14-15,22H,6-12H2,1H3,(H2,20,21,23)/t15-,18+,19-/m0/s1. The Balaban J connectivity index is 1.32. The summed E-state index contributed by atoms with van der Waals surface area (Å²) in [5.74, 6) is 0.977. The molecule has 3 aliphatic rings. The van der Waals surface area contributed by atoms with Gasteiger partial charge in [0.1, 0.15) is 0 Å². The molecule has 4 nitrogen and oxygen atoms in total. The third kappa shape index (κ3) is 2.53. The Labute approximate surface area is 137 Å². The van der Waals surface area contributed by atoms with Gasteiger partial charge in [0.2, 0.25) is 0 Å². The third-order valence-electron chi connectivity index (χ3n) is 6.34. The highest BCUT2D eigenvalue weighted by Gasteiger charge is 2.57. The van der Waals surface area contributed by atoms with Crippen molar-refractivity contribution in [1.29, 1.82) is 0 Å². The molecule has 0 aliphatic heterocycles. The van der Waals surface area contributed by atoms with E-state index in [0.717, 1.165) is 19.4 Å². The highest BCUT2D eigenvalue weighted by Crippen LogP contribution is 2.61. The highest BCUT2D eigenvalue weighted by atomic mass is 16.3. The Bertz CT molecular complexity index is 628. The van der Waals surface area contributed by atoms with Crippen LogP contribution in [0, 0.1) is 11.8 Å². The molecule has 0 bridgehead atoms. The van der Waals surface area contributed by atoms with Crippen molar-refractivity contribution in [3.63, 3.8) is 0 Å². The minimum Gasteiger partial charge on any atom is -0.394 e. The number of hydrogen-bond acceptors (Lipinski definition) is 2. The molecule has 0 unspecified atom stereocenters. The number of rotatable bonds is 5. The van der Waals surface area contributed by atoms with Gasteiger partial charge in [-0.1, -0.05) is 24.3 Å². The van der Waals surface area contributed by atoms with Crippen LogP contribution in [0.1, 0.15) is 43.7 Å². The molecule has 0 radical (unpaired) electrons. The van der Waals surface area contributed by atoms with Crippen LogP contribution >= 0.6 is 0 Å².